The van der Waals surface area contributed by atoms with Crippen LogP contribution in [0, 0.1) is 17.1 Å². The first-order chi connectivity index (χ1) is 13.5. The zero-order valence-electron chi connectivity index (χ0n) is 14.4. The number of nitriles is 1. The van der Waals surface area contributed by atoms with E-state index in [0.717, 1.165) is 10.0 Å². The number of rotatable bonds is 5. The summed E-state index contributed by atoms with van der Waals surface area (Å²) in [6, 6.07) is 18.7. The maximum atomic E-state index is 13.5. The van der Waals surface area contributed by atoms with Gasteiger partial charge in [-0.15, -0.1) is 0 Å². The molecule has 0 aliphatic heterocycles. The van der Waals surface area contributed by atoms with Crippen LogP contribution in [0.3, 0.4) is 0 Å². The molecular formula is C22H13BrCl2FNO. The normalized spacial score (nSPS) is 11.2. The average Bonchev–Trinajstić information content (AvgIpc) is 2.66. The van der Waals surface area contributed by atoms with Crippen molar-refractivity contribution in [2.24, 2.45) is 0 Å². The third-order valence-corrected chi connectivity index (χ3v) is 5.01. The summed E-state index contributed by atoms with van der Waals surface area (Å²) in [7, 11) is 0. The van der Waals surface area contributed by atoms with Crippen molar-refractivity contribution in [3.63, 3.8) is 0 Å². The molecule has 0 aliphatic carbocycles. The Hall–Kier alpha value is -2.32. The lowest BCUT2D eigenvalue weighted by molar-refractivity contribution is 0.305. The van der Waals surface area contributed by atoms with Gasteiger partial charge >= 0.3 is 0 Å². The molecular weight excluding hydrogens is 464 g/mol. The van der Waals surface area contributed by atoms with Crippen LogP contribution >= 0.6 is 39.1 Å². The highest BCUT2D eigenvalue weighted by molar-refractivity contribution is 9.10. The molecule has 28 heavy (non-hydrogen) atoms. The minimum absolute atomic E-state index is 0.236. The number of halogens is 4. The van der Waals surface area contributed by atoms with Gasteiger partial charge < -0.3 is 4.74 Å². The molecule has 0 aliphatic rings. The maximum Gasteiger partial charge on any atom is 0.127 e. The van der Waals surface area contributed by atoms with E-state index in [2.05, 4.69) is 22.0 Å². The minimum atomic E-state index is -0.401. The fourth-order valence-electron chi connectivity index (χ4n) is 2.55. The molecule has 0 radical (unpaired) electrons. The molecule has 0 saturated heterocycles. The quantitative estimate of drug-likeness (QED) is 0.281. The van der Waals surface area contributed by atoms with Crippen molar-refractivity contribution in [2.75, 3.05) is 0 Å². The topological polar surface area (TPSA) is 33.0 Å². The fourth-order valence-corrected chi connectivity index (χ4v) is 3.39. The molecule has 0 atom stereocenters. The lowest BCUT2D eigenvalue weighted by Crippen LogP contribution is -1.98. The smallest absolute Gasteiger partial charge is 0.127 e. The Morgan fingerprint density at radius 1 is 1.11 bits per heavy atom. The third kappa shape index (κ3) is 5.14. The van der Waals surface area contributed by atoms with Gasteiger partial charge in [-0.05, 0) is 54.1 Å². The lowest BCUT2D eigenvalue weighted by Gasteiger charge is -2.12. The van der Waals surface area contributed by atoms with Gasteiger partial charge in [0.1, 0.15) is 18.2 Å². The van der Waals surface area contributed by atoms with E-state index in [4.69, 9.17) is 27.9 Å². The Morgan fingerprint density at radius 3 is 2.64 bits per heavy atom. The van der Waals surface area contributed by atoms with Crippen molar-refractivity contribution in [3.05, 3.63) is 97.7 Å². The highest BCUT2D eigenvalue weighted by Crippen LogP contribution is 2.30. The highest BCUT2D eigenvalue weighted by atomic mass is 79.9. The van der Waals surface area contributed by atoms with Crippen LogP contribution in [0.5, 0.6) is 5.75 Å². The SMILES string of the molecule is N#C/C(=C/c1cc(Br)ccc1OCc1ccc(Cl)cc1Cl)c1cccc(F)c1. The summed E-state index contributed by atoms with van der Waals surface area (Å²) in [5.41, 5.74) is 2.29. The number of allylic oxidation sites excluding steroid dienone is 1. The molecule has 6 heteroatoms. The van der Waals surface area contributed by atoms with E-state index >= 15 is 0 Å². The minimum Gasteiger partial charge on any atom is -0.488 e. The van der Waals surface area contributed by atoms with Gasteiger partial charge in [0.2, 0.25) is 0 Å². The van der Waals surface area contributed by atoms with Gasteiger partial charge in [-0.25, -0.2) is 4.39 Å². The molecule has 0 heterocycles. The molecule has 0 unspecified atom stereocenters. The summed E-state index contributed by atoms with van der Waals surface area (Å²) in [5, 5.41) is 10.6. The summed E-state index contributed by atoms with van der Waals surface area (Å²) >= 11 is 15.6. The number of nitrogens with zero attached hydrogens (tertiary/aromatic N) is 1. The van der Waals surface area contributed by atoms with Crippen LogP contribution in [0.25, 0.3) is 11.6 Å². The van der Waals surface area contributed by atoms with Gasteiger partial charge in [-0.2, -0.15) is 5.26 Å². The molecule has 3 rings (SSSR count). The molecule has 3 aromatic rings. The number of hydrogen-bond acceptors (Lipinski definition) is 2. The molecule has 140 valence electrons. The van der Waals surface area contributed by atoms with Crippen LogP contribution in [0.1, 0.15) is 16.7 Å². The van der Waals surface area contributed by atoms with Crippen LogP contribution in [0.4, 0.5) is 4.39 Å². The van der Waals surface area contributed by atoms with E-state index in [1.165, 1.54) is 12.1 Å². The lowest BCUT2D eigenvalue weighted by atomic mass is 10.0. The summed E-state index contributed by atoms with van der Waals surface area (Å²) in [5.74, 6) is 0.167. The predicted molar refractivity (Wildman–Crippen MR) is 115 cm³/mol. The van der Waals surface area contributed by atoms with Gasteiger partial charge in [0, 0.05) is 25.6 Å². The Morgan fingerprint density at radius 2 is 1.93 bits per heavy atom. The van der Waals surface area contributed by atoms with Gasteiger partial charge in [0.15, 0.2) is 0 Å². The van der Waals surface area contributed by atoms with E-state index in [1.807, 2.05) is 12.1 Å². The standard InChI is InChI=1S/C22H13BrCl2FNO/c23-18-5-7-22(28-13-15-4-6-19(24)11-21(15)25)16(9-18)8-17(12-27)14-2-1-3-20(26)10-14/h1-11H,13H2/b17-8-. The van der Waals surface area contributed by atoms with Crippen LogP contribution in [0.2, 0.25) is 10.0 Å². The van der Waals surface area contributed by atoms with Crippen LogP contribution in [0.15, 0.2) is 65.1 Å². The monoisotopic (exact) mass is 475 g/mol. The van der Waals surface area contributed by atoms with Crippen molar-refractivity contribution in [1.82, 2.24) is 0 Å². The first kappa shape index (κ1) is 20.4. The Labute approximate surface area is 180 Å². The summed E-state index contributed by atoms with van der Waals surface area (Å²) < 4.78 is 20.3. The predicted octanol–water partition coefficient (Wildman–Crippen LogP) is 7.54. The molecule has 0 amide bonds. The highest BCUT2D eigenvalue weighted by Gasteiger charge is 2.09. The summed E-state index contributed by atoms with van der Waals surface area (Å²) in [6.45, 7) is 0.236. The number of ether oxygens (including phenoxy) is 1. The van der Waals surface area contributed by atoms with Crippen LogP contribution in [-0.2, 0) is 6.61 Å². The first-order valence-electron chi connectivity index (χ1n) is 8.20. The maximum absolute atomic E-state index is 13.5. The van der Waals surface area contributed by atoms with E-state index < -0.39 is 5.82 Å². The molecule has 0 N–H and O–H groups in total. The van der Waals surface area contributed by atoms with Gasteiger partial charge in [0.05, 0.1) is 11.6 Å². The van der Waals surface area contributed by atoms with Crippen molar-refractivity contribution in [1.29, 1.82) is 5.26 Å². The Bertz CT molecular complexity index is 1090. The van der Waals surface area contributed by atoms with E-state index in [0.29, 0.717) is 32.5 Å². The molecule has 0 aromatic heterocycles. The number of benzene rings is 3. The first-order valence-corrected chi connectivity index (χ1v) is 9.75. The molecule has 0 spiro atoms. The van der Waals surface area contributed by atoms with Gasteiger partial charge in [-0.1, -0.05) is 57.3 Å². The summed E-state index contributed by atoms with van der Waals surface area (Å²) in [6.07, 6.45) is 1.67. The van der Waals surface area contributed by atoms with Gasteiger partial charge in [0.25, 0.3) is 0 Å². The Balaban J connectivity index is 1.93. The van der Waals surface area contributed by atoms with Crippen molar-refractivity contribution >= 4 is 50.8 Å². The third-order valence-electron chi connectivity index (χ3n) is 3.93. The number of hydrogen-bond donors (Lipinski definition) is 0. The van der Waals surface area contributed by atoms with Crippen molar-refractivity contribution in [3.8, 4) is 11.8 Å². The molecule has 2 nitrogen and oxygen atoms in total. The zero-order chi connectivity index (χ0) is 20.1. The van der Waals surface area contributed by atoms with Crippen molar-refractivity contribution in [2.45, 2.75) is 6.61 Å². The fraction of sp³-hybridized carbons (Fsp3) is 0.0455. The summed E-state index contributed by atoms with van der Waals surface area (Å²) in [4.78, 5) is 0. The van der Waals surface area contributed by atoms with E-state index in [9.17, 15) is 9.65 Å². The van der Waals surface area contributed by atoms with Crippen molar-refractivity contribution < 1.29 is 9.13 Å². The van der Waals surface area contributed by atoms with E-state index in [-0.39, 0.29) is 6.61 Å². The molecule has 0 bridgehead atoms. The molecule has 0 fully saturated rings. The van der Waals surface area contributed by atoms with Gasteiger partial charge in [-0.3, -0.25) is 0 Å². The second-order valence-electron chi connectivity index (χ2n) is 5.89. The molecule has 3 aromatic carbocycles. The average molecular weight is 477 g/mol. The second kappa shape index (κ2) is 9.25. The molecule has 0 saturated carbocycles. The zero-order valence-corrected chi connectivity index (χ0v) is 17.5. The second-order valence-corrected chi connectivity index (χ2v) is 7.65. The van der Waals surface area contributed by atoms with Crippen LogP contribution in [-0.4, -0.2) is 0 Å². The Kier molecular flexibility index (Phi) is 6.74. The van der Waals surface area contributed by atoms with Crippen LogP contribution < -0.4 is 4.74 Å². The van der Waals surface area contributed by atoms with E-state index in [1.54, 1.807) is 42.5 Å². The largest absolute Gasteiger partial charge is 0.488 e.